The topological polar surface area (TPSA) is 46.3 Å². The summed E-state index contributed by atoms with van der Waals surface area (Å²) in [6.45, 7) is 7.08. The molecule has 1 heterocycles. The smallest absolute Gasteiger partial charge is 0.245 e. The number of hydrogen-bond acceptors (Lipinski definition) is 2. The van der Waals surface area contributed by atoms with Crippen LogP contribution < -0.4 is 10.6 Å². The number of nitrogens with two attached hydrogens (primary N) is 1. The fourth-order valence-corrected chi connectivity index (χ4v) is 2.01. The third-order valence-corrected chi connectivity index (χ3v) is 2.97. The summed E-state index contributed by atoms with van der Waals surface area (Å²) in [5, 5.41) is 0. The summed E-state index contributed by atoms with van der Waals surface area (Å²) < 4.78 is 0. The molecule has 0 aliphatic carbocycles. The maximum atomic E-state index is 11.6. The van der Waals surface area contributed by atoms with Crippen molar-refractivity contribution in [2.75, 3.05) is 11.4 Å². The highest BCUT2D eigenvalue weighted by molar-refractivity contribution is 6.04. The minimum Gasteiger partial charge on any atom is -0.318 e. The first-order chi connectivity index (χ1) is 7.41. The summed E-state index contributed by atoms with van der Waals surface area (Å²) in [5.41, 5.74) is 7.85. The Morgan fingerprint density at radius 2 is 1.94 bits per heavy atom. The van der Waals surface area contributed by atoms with Gasteiger partial charge in [-0.15, -0.1) is 0 Å². The summed E-state index contributed by atoms with van der Waals surface area (Å²) in [6.07, 6.45) is 0. The molecule has 1 aliphatic heterocycles. The van der Waals surface area contributed by atoms with Crippen molar-refractivity contribution in [2.24, 2.45) is 5.73 Å². The van der Waals surface area contributed by atoms with Crippen molar-refractivity contribution >= 4 is 11.6 Å². The fraction of sp³-hybridized carbons (Fsp3) is 0.462. The largest absolute Gasteiger partial charge is 0.318 e. The zero-order chi connectivity index (χ0) is 11.9. The molecule has 1 aliphatic rings. The van der Waals surface area contributed by atoms with E-state index in [4.69, 9.17) is 5.73 Å². The van der Waals surface area contributed by atoms with Crippen LogP contribution >= 0.6 is 0 Å². The van der Waals surface area contributed by atoms with E-state index >= 15 is 0 Å². The van der Waals surface area contributed by atoms with Crippen LogP contribution in [0, 0.1) is 0 Å². The minimum atomic E-state index is -0.312. The van der Waals surface area contributed by atoms with Gasteiger partial charge in [-0.1, -0.05) is 39.0 Å². The number of carbonyl (C=O) groups is 1. The number of benzene rings is 1. The van der Waals surface area contributed by atoms with Crippen LogP contribution in [0.4, 0.5) is 5.69 Å². The highest BCUT2D eigenvalue weighted by atomic mass is 16.2. The van der Waals surface area contributed by atoms with Gasteiger partial charge in [0.25, 0.3) is 0 Å². The lowest BCUT2D eigenvalue weighted by atomic mass is 9.84. The standard InChI is InChI=1S/C13H18N2O/c1-13(2,3)9-6-4-5-7-11(9)15-8-10(14)12(15)16/h4-7,10H,8,14H2,1-3H3. The third-order valence-electron chi connectivity index (χ3n) is 2.97. The van der Waals surface area contributed by atoms with E-state index in [0.29, 0.717) is 6.54 Å². The number of hydrogen-bond donors (Lipinski definition) is 1. The molecular formula is C13H18N2O. The van der Waals surface area contributed by atoms with Crippen molar-refractivity contribution in [1.29, 1.82) is 0 Å². The van der Waals surface area contributed by atoms with Crippen LogP contribution in [-0.2, 0) is 10.2 Å². The summed E-state index contributed by atoms with van der Waals surface area (Å²) >= 11 is 0. The van der Waals surface area contributed by atoms with Gasteiger partial charge in [0.05, 0.1) is 6.54 Å². The van der Waals surface area contributed by atoms with Gasteiger partial charge < -0.3 is 10.6 Å². The lowest BCUT2D eigenvalue weighted by molar-refractivity contribution is -0.123. The summed E-state index contributed by atoms with van der Waals surface area (Å²) in [4.78, 5) is 13.4. The number of amides is 1. The first-order valence-corrected chi connectivity index (χ1v) is 5.58. The summed E-state index contributed by atoms with van der Waals surface area (Å²) in [7, 11) is 0. The number of rotatable bonds is 1. The van der Waals surface area contributed by atoms with Gasteiger partial charge in [-0.25, -0.2) is 0 Å². The second-order valence-corrected chi connectivity index (χ2v) is 5.32. The van der Waals surface area contributed by atoms with E-state index in [0.717, 1.165) is 5.69 Å². The van der Waals surface area contributed by atoms with Crippen molar-refractivity contribution in [2.45, 2.75) is 32.2 Å². The average Bonchev–Trinajstić information content (AvgIpc) is 2.24. The van der Waals surface area contributed by atoms with E-state index in [2.05, 4.69) is 26.8 Å². The molecule has 0 radical (unpaired) electrons. The third kappa shape index (κ3) is 1.71. The second-order valence-electron chi connectivity index (χ2n) is 5.32. The van der Waals surface area contributed by atoms with Gasteiger partial charge in [0.15, 0.2) is 0 Å². The van der Waals surface area contributed by atoms with Crippen molar-refractivity contribution in [3.05, 3.63) is 29.8 Å². The SMILES string of the molecule is CC(C)(C)c1ccccc1N1CC(N)C1=O. The molecule has 0 spiro atoms. The van der Waals surface area contributed by atoms with E-state index in [1.54, 1.807) is 4.90 Å². The molecule has 86 valence electrons. The van der Waals surface area contributed by atoms with Gasteiger partial charge in [-0.05, 0) is 17.0 Å². The monoisotopic (exact) mass is 218 g/mol. The van der Waals surface area contributed by atoms with E-state index in [-0.39, 0.29) is 17.4 Å². The molecule has 1 amide bonds. The molecule has 3 nitrogen and oxygen atoms in total. The van der Waals surface area contributed by atoms with E-state index in [9.17, 15) is 4.79 Å². The Kier molecular flexibility index (Phi) is 2.50. The Balaban J connectivity index is 2.39. The molecular weight excluding hydrogens is 200 g/mol. The van der Waals surface area contributed by atoms with Crippen LogP contribution in [0.2, 0.25) is 0 Å². The molecule has 1 saturated heterocycles. The second kappa shape index (κ2) is 3.59. The van der Waals surface area contributed by atoms with Crippen molar-refractivity contribution < 1.29 is 4.79 Å². The zero-order valence-electron chi connectivity index (χ0n) is 10.0. The highest BCUT2D eigenvalue weighted by Gasteiger charge is 2.36. The molecule has 1 aromatic rings. The average molecular weight is 218 g/mol. The van der Waals surface area contributed by atoms with Gasteiger partial charge >= 0.3 is 0 Å². The first kappa shape index (κ1) is 11.1. The lowest BCUT2D eigenvalue weighted by Gasteiger charge is -2.39. The number of para-hydroxylation sites is 1. The number of nitrogens with zero attached hydrogens (tertiary/aromatic N) is 1. The van der Waals surface area contributed by atoms with Crippen LogP contribution in [0.3, 0.4) is 0 Å². The molecule has 2 N–H and O–H groups in total. The van der Waals surface area contributed by atoms with E-state index in [1.807, 2.05) is 18.2 Å². The molecule has 16 heavy (non-hydrogen) atoms. The zero-order valence-corrected chi connectivity index (χ0v) is 10.0. The molecule has 1 unspecified atom stereocenters. The van der Waals surface area contributed by atoms with Gasteiger partial charge in [0.2, 0.25) is 5.91 Å². The molecule has 1 atom stereocenters. The Morgan fingerprint density at radius 1 is 1.31 bits per heavy atom. The van der Waals surface area contributed by atoms with E-state index in [1.165, 1.54) is 5.56 Å². The molecule has 3 heteroatoms. The molecule has 0 bridgehead atoms. The van der Waals surface area contributed by atoms with Crippen LogP contribution in [0.15, 0.2) is 24.3 Å². The van der Waals surface area contributed by atoms with E-state index < -0.39 is 0 Å². The van der Waals surface area contributed by atoms with Gasteiger partial charge in [-0.2, -0.15) is 0 Å². The van der Waals surface area contributed by atoms with Gasteiger partial charge in [0.1, 0.15) is 6.04 Å². The molecule has 1 fully saturated rings. The Bertz CT molecular complexity index is 420. The fourth-order valence-electron chi connectivity index (χ4n) is 2.01. The normalized spacial score (nSPS) is 20.9. The quantitative estimate of drug-likeness (QED) is 0.729. The maximum absolute atomic E-state index is 11.6. The Morgan fingerprint density at radius 3 is 2.44 bits per heavy atom. The highest BCUT2D eigenvalue weighted by Crippen LogP contribution is 2.33. The summed E-state index contributed by atoms with van der Waals surface area (Å²) in [5.74, 6) is 0.0247. The van der Waals surface area contributed by atoms with Crippen molar-refractivity contribution in [1.82, 2.24) is 0 Å². The maximum Gasteiger partial charge on any atom is 0.245 e. The van der Waals surface area contributed by atoms with Crippen molar-refractivity contribution in [3.63, 3.8) is 0 Å². The first-order valence-electron chi connectivity index (χ1n) is 5.58. The van der Waals surface area contributed by atoms with Crippen LogP contribution in [0.1, 0.15) is 26.3 Å². The molecule has 2 rings (SSSR count). The molecule has 0 saturated carbocycles. The lowest BCUT2D eigenvalue weighted by Crippen LogP contribution is -2.61. The predicted molar refractivity (Wildman–Crippen MR) is 65.5 cm³/mol. The predicted octanol–water partition coefficient (Wildman–Crippen LogP) is 1.66. The van der Waals surface area contributed by atoms with Gasteiger partial charge in [0, 0.05) is 5.69 Å². The van der Waals surface area contributed by atoms with Crippen LogP contribution in [-0.4, -0.2) is 18.5 Å². The molecule has 0 aromatic heterocycles. The number of anilines is 1. The van der Waals surface area contributed by atoms with Crippen LogP contribution in [0.5, 0.6) is 0 Å². The Labute approximate surface area is 96.2 Å². The number of β-lactam (4-membered cyclic amide) rings is 1. The Hall–Kier alpha value is -1.35. The molecule has 1 aromatic carbocycles. The minimum absolute atomic E-state index is 0.0247. The summed E-state index contributed by atoms with van der Waals surface area (Å²) in [6, 6.07) is 7.72. The van der Waals surface area contributed by atoms with Crippen LogP contribution in [0.25, 0.3) is 0 Å². The number of carbonyl (C=O) groups excluding carboxylic acids is 1. The van der Waals surface area contributed by atoms with Gasteiger partial charge in [-0.3, -0.25) is 4.79 Å². The van der Waals surface area contributed by atoms with Crippen molar-refractivity contribution in [3.8, 4) is 0 Å².